The molecule has 0 unspecified atom stereocenters. The fourth-order valence-electron chi connectivity index (χ4n) is 4.38. The molecule has 0 aliphatic carbocycles. The van der Waals surface area contributed by atoms with Crippen molar-refractivity contribution in [1.29, 1.82) is 0 Å². The summed E-state index contributed by atoms with van der Waals surface area (Å²) in [7, 11) is 0. The topological polar surface area (TPSA) is 51.2 Å². The Labute approximate surface area is 185 Å². The van der Waals surface area contributed by atoms with E-state index in [-0.39, 0.29) is 23.7 Å². The van der Waals surface area contributed by atoms with Gasteiger partial charge in [0.15, 0.2) is 11.5 Å². The zero-order chi connectivity index (χ0) is 22.4. The smallest absolute Gasteiger partial charge is 0.231 e. The molecule has 2 aliphatic heterocycles. The lowest BCUT2D eigenvalue weighted by atomic mass is 9.77. The molecule has 0 aromatic heterocycles. The van der Waals surface area contributed by atoms with E-state index in [0.717, 1.165) is 41.3 Å². The molecule has 0 bridgehead atoms. The van der Waals surface area contributed by atoms with Crippen LogP contribution in [0.4, 0.5) is 0 Å². The van der Waals surface area contributed by atoms with Gasteiger partial charge in [-0.05, 0) is 45.7 Å². The highest BCUT2D eigenvalue weighted by Crippen LogP contribution is 2.45. The van der Waals surface area contributed by atoms with Crippen molar-refractivity contribution in [2.24, 2.45) is 0 Å². The number of nitrogens with zero attached hydrogens (tertiary/aromatic N) is 1. The molecule has 1 fully saturated rings. The summed E-state index contributed by atoms with van der Waals surface area (Å²) in [4.78, 5) is 2.40. The molecule has 0 saturated carbocycles. The normalized spacial score (nSPS) is 18.3. The number of morpholine rings is 1. The number of fused-ring (bicyclic) bond motifs is 1. The van der Waals surface area contributed by atoms with Crippen LogP contribution in [0, 0.1) is 0 Å². The number of phenols is 1. The molecule has 1 N–H and O–H groups in total. The van der Waals surface area contributed by atoms with Crippen LogP contribution < -0.4 is 9.47 Å². The molecule has 5 nitrogen and oxygen atoms in total. The molecule has 168 valence electrons. The molecule has 1 atom stereocenters. The number of hydrogen-bond acceptors (Lipinski definition) is 5. The Morgan fingerprint density at radius 3 is 2.19 bits per heavy atom. The maximum Gasteiger partial charge on any atom is 0.231 e. The third kappa shape index (κ3) is 4.39. The first-order valence-corrected chi connectivity index (χ1v) is 11.1. The lowest BCUT2D eigenvalue weighted by Crippen LogP contribution is -2.39. The van der Waals surface area contributed by atoms with Gasteiger partial charge in [0, 0.05) is 18.7 Å². The van der Waals surface area contributed by atoms with Crippen LogP contribution in [0.2, 0.25) is 0 Å². The second-order valence-corrected chi connectivity index (χ2v) is 10.6. The molecular weight excluding hydrogens is 390 g/mol. The molecule has 1 saturated heterocycles. The molecule has 4 rings (SSSR count). The van der Waals surface area contributed by atoms with Crippen LogP contribution in [0.1, 0.15) is 69.8 Å². The van der Waals surface area contributed by atoms with Crippen LogP contribution in [0.3, 0.4) is 0 Å². The highest BCUT2D eigenvalue weighted by Gasteiger charge is 2.32. The number of aromatic hydroxyl groups is 1. The first-order chi connectivity index (χ1) is 14.6. The van der Waals surface area contributed by atoms with Gasteiger partial charge in [0.2, 0.25) is 6.79 Å². The Bertz CT molecular complexity index is 949. The van der Waals surface area contributed by atoms with Gasteiger partial charge < -0.3 is 19.3 Å². The number of hydrogen-bond donors (Lipinski definition) is 1. The fraction of sp³-hybridized carbons (Fsp3) is 0.538. The van der Waals surface area contributed by atoms with Crippen molar-refractivity contribution in [3.63, 3.8) is 0 Å². The minimum absolute atomic E-state index is 0.0348. The molecule has 0 radical (unpaired) electrons. The van der Waals surface area contributed by atoms with Gasteiger partial charge in [-0.25, -0.2) is 0 Å². The van der Waals surface area contributed by atoms with Crippen molar-refractivity contribution < 1.29 is 19.3 Å². The van der Waals surface area contributed by atoms with Crippen LogP contribution in [-0.4, -0.2) is 43.1 Å². The van der Waals surface area contributed by atoms with Gasteiger partial charge in [0.1, 0.15) is 5.75 Å². The largest absolute Gasteiger partial charge is 0.507 e. The maximum absolute atomic E-state index is 11.6. The monoisotopic (exact) mass is 425 g/mol. The van der Waals surface area contributed by atoms with E-state index in [1.165, 1.54) is 5.56 Å². The van der Waals surface area contributed by atoms with E-state index in [2.05, 4.69) is 70.7 Å². The summed E-state index contributed by atoms with van der Waals surface area (Å²) in [5, 5.41) is 11.6. The first-order valence-electron chi connectivity index (χ1n) is 11.1. The zero-order valence-electron chi connectivity index (χ0n) is 19.6. The van der Waals surface area contributed by atoms with Crippen molar-refractivity contribution in [3.8, 4) is 17.2 Å². The Balaban J connectivity index is 1.92. The van der Waals surface area contributed by atoms with Crippen molar-refractivity contribution in [3.05, 3.63) is 52.6 Å². The summed E-state index contributed by atoms with van der Waals surface area (Å²) in [5.74, 6) is 1.92. The van der Waals surface area contributed by atoms with E-state index >= 15 is 0 Å². The highest BCUT2D eigenvalue weighted by molar-refractivity contribution is 5.54. The predicted octanol–water partition coefficient (Wildman–Crippen LogP) is 5.14. The van der Waals surface area contributed by atoms with E-state index in [0.29, 0.717) is 19.0 Å². The number of rotatable bonds is 3. The van der Waals surface area contributed by atoms with E-state index in [9.17, 15) is 5.11 Å². The molecule has 2 aromatic carbocycles. The molecular formula is C26H35NO4. The number of phenolic OH excluding ortho intramolecular Hbond substituents is 1. The molecule has 2 heterocycles. The van der Waals surface area contributed by atoms with Gasteiger partial charge in [-0.1, -0.05) is 53.7 Å². The summed E-state index contributed by atoms with van der Waals surface area (Å²) < 4.78 is 16.8. The van der Waals surface area contributed by atoms with Crippen LogP contribution in [0.5, 0.6) is 17.2 Å². The van der Waals surface area contributed by atoms with E-state index < -0.39 is 0 Å². The molecule has 31 heavy (non-hydrogen) atoms. The van der Waals surface area contributed by atoms with Gasteiger partial charge in [0.25, 0.3) is 0 Å². The second-order valence-electron chi connectivity index (χ2n) is 10.6. The maximum atomic E-state index is 11.6. The van der Waals surface area contributed by atoms with Gasteiger partial charge in [-0.2, -0.15) is 0 Å². The van der Waals surface area contributed by atoms with Crippen LogP contribution in [-0.2, 0) is 15.6 Å². The van der Waals surface area contributed by atoms with Crippen LogP contribution >= 0.6 is 0 Å². The van der Waals surface area contributed by atoms with E-state index in [1.54, 1.807) is 0 Å². The number of benzene rings is 2. The third-order valence-corrected chi connectivity index (χ3v) is 6.23. The molecule has 0 spiro atoms. The Hall–Kier alpha value is -2.24. The van der Waals surface area contributed by atoms with Crippen LogP contribution in [0.25, 0.3) is 0 Å². The first kappa shape index (κ1) is 22.0. The average Bonchev–Trinajstić information content (AvgIpc) is 3.16. The summed E-state index contributed by atoms with van der Waals surface area (Å²) >= 11 is 0. The number of ether oxygens (including phenoxy) is 3. The standard InChI is InChI=1S/C26H35NO4/c1-25(2,3)18-14-19(24(28)20(15-18)26(4,5)6)23(27-9-11-29-12-10-27)17-7-8-21-22(13-17)31-16-30-21/h7-8,13-15,23,28H,9-12,16H2,1-6H3/t23-/m1/s1. The van der Waals surface area contributed by atoms with Crippen molar-refractivity contribution >= 4 is 0 Å². The molecule has 2 aromatic rings. The van der Waals surface area contributed by atoms with Crippen LogP contribution in [0.15, 0.2) is 30.3 Å². The highest BCUT2D eigenvalue weighted by atomic mass is 16.7. The van der Waals surface area contributed by atoms with Crippen molar-refractivity contribution in [2.75, 3.05) is 33.1 Å². The lowest BCUT2D eigenvalue weighted by Gasteiger charge is -2.37. The SMILES string of the molecule is CC(C)(C)c1cc([C@@H](c2ccc3c(c2)OCO3)N2CCOCC2)c(O)c(C(C)(C)C)c1. The lowest BCUT2D eigenvalue weighted by molar-refractivity contribution is 0.0235. The zero-order valence-corrected chi connectivity index (χ0v) is 19.6. The third-order valence-electron chi connectivity index (χ3n) is 6.23. The van der Waals surface area contributed by atoms with E-state index in [1.807, 2.05) is 6.07 Å². The van der Waals surface area contributed by atoms with Gasteiger partial charge >= 0.3 is 0 Å². The Morgan fingerprint density at radius 2 is 1.55 bits per heavy atom. The van der Waals surface area contributed by atoms with Crippen molar-refractivity contribution in [1.82, 2.24) is 4.90 Å². The van der Waals surface area contributed by atoms with Gasteiger partial charge in [-0.3, -0.25) is 4.90 Å². The summed E-state index contributed by atoms with van der Waals surface area (Å²) in [5.41, 5.74) is 4.03. The average molecular weight is 426 g/mol. The summed E-state index contributed by atoms with van der Waals surface area (Å²) in [6.07, 6.45) is 0. The summed E-state index contributed by atoms with van der Waals surface area (Å²) in [6.45, 7) is 16.4. The molecule has 2 aliphatic rings. The molecule has 5 heteroatoms. The predicted molar refractivity (Wildman–Crippen MR) is 122 cm³/mol. The summed E-state index contributed by atoms with van der Waals surface area (Å²) in [6, 6.07) is 10.4. The van der Waals surface area contributed by atoms with Gasteiger partial charge in [-0.15, -0.1) is 0 Å². The van der Waals surface area contributed by atoms with E-state index in [4.69, 9.17) is 14.2 Å². The van der Waals surface area contributed by atoms with Crippen molar-refractivity contribution in [2.45, 2.75) is 58.4 Å². The second kappa shape index (κ2) is 8.03. The van der Waals surface area contributed by atoms with Gasteiger partial charge in [0.05, 0.1) is 19.3 Å². The quantitative estimate of drug-likeness (QED) is 0.738. The minimum atomic E-state index is -0.176. The fourth-order valence-corrected chi connectivity index (χ4v) is 4.38. The molecule has 0 amide bonds. The minimum Gasteiger partial charge on any atom is -0.507 e. The Morgan fingerprint density at radius 1 is 0.871 bits per heavy atom. The Kier molecular flexibility index (Phi) is 5.69.